The third kappa shape index (κ3) is 3.25. The first-order chi connectivity index (χ1) is 13.7. The number of amides is 1. The van der Waals surface area contributed by atoms with Gasteiger partial charge < -0.3 is 29.2 Å². The summed E-state index contributed by atoms with van der Waals surface area (Å²) in [5.41, 5.74) is 1.41. The largest absolute Gasteiger partial charge is 0.454 e. The van der Waals surface area contributed by atoms with E-state index in [9.17, 15) is 4.79 Å². The fraction of sp³-hybridized carbons (Fsp3) is 0.400. The summed E-state index contributed by atoms with van der Waals surface area (Å²) < 4.78 is 22.1. The van der Waals surface area contributed by atoms with E-state index in [0.717, 1.165) is 11.4 Å². The summed E-state index contributed by atoms with van der Waals surface area (Å²) in [5.74, 6) is 1.59. The van der Waals surface area contributed by atoms with Crippen molar-refractivity contribution in [2.45, 2.75) is 18.6 Å². The van der Waals surface area contributed by atoms with Gasteiger partial charge in [-0.05, 0) is 24.3 Å². The number of nitrogens with one attached hydrogen (secondary N) is 1. The molecule has 0 bridgehead atoms. The number of carbonyl (C=O) groups is 1. The number of pyridine rings is 1. The first-order valence-corrected chi connectivity index (χ1v) is 9.41. The van der Waals surface area contributed by atoms with Gasteiger partial charge in [0.15, 0.2) is 17.3 Å². The average Bonchev–Trinajstić information content (AvgIpc) is 3.38. The van der Waals surface area contributed by atoms with Gasteiger partial charge in [-0.25, -0.2) is 4.98 Å². The normalized spacial score (nSPS) is 19.8. The summed E-state index contributed by atoms with van der Waals surface area (Å²) in [6.45, 7) is 2.75. The topological polar surface area (TPSA) is 82.2 Å². The molecule has 3 aliphatic rings. The summed E-state index contributed by atoms with van der Waals surface area (Å²) in [5, 5.41) is 3.21. The molecule has 2 aromatic rings. The monoisotopic (exact) mass is 383 g/mol. The maximum absolute atomic E-state index is 12.8. The Morgan fingerprint density at radius 1 is 1.04 bits per heavy atom. The van der Waals surface area contributed by atoms with Gasteiger partial charge in [0.2, 0.25) is 6.79 Å². The van der Waals surface area contributed by atoms with Crippen molar-refractivity contribution in [1.29, 1.82) is 0 Å². The predicted molar refractivity (Wildman–Crippen MR) is 99.9 cm³/mol. The molecule has 1 N–H and O–H groups in total. The second-order valence-electron chi connectivity index (χ2n) is 7.02. The minimum atomic E-state index is -0.479. The van der Waals surface area contributed by atoms with Gasteiger partial charge in [-0.15, -0.1) is 0 Å². The van der Waals surface area contributed by atoms with Crippen LogP contribution in [0.1, 0.15) is 23.2 Å². The van der Waals surface area contributed by atoms with E-state index in [-0.39, 0.29) is 12.7 Å². The maximum Gasteiger partial charge on any atom is 0.255 e. The van der Waals surface area contributed by atoms with E-state index in [4.69, 9.17) is 18.9 Å². The standard InChI is InChI=1S/C20H21N3O5/c24-19(23-7-5-20(6-8-23)27-9-10-28-20)14-1-4-18(21-12-14)22-15-2-3-16-17(11-15)26-13-25-16/h1-4,11-12H,5-10,13H2,(H,21,22). The zero-order chi connectivity index (χ0) is 19.0. The van der Waals surface area contributed by atoms with Crippen molar-refractivity contribution in [2.75, 3.05) is 38.4 Å². The van der Waals surface area contributed by atoms with E-state index < -0.39 is 5.79 Å². The quantitative estimate of drug-likeness (QED) is 0.872. The van der Waals surface area contributed by atoms with Gasteiger partial charge in [0.1, 0.15) is 5.82 Å². The molecular formula is C20H21N3O5. The summed E-state index contributed by atoms with van der Waals surface area (Å²) in [6, 6.07) is 9.19. The molecule has 0 unspecified atom stereocenters. The molecule has 3 aliphatic heterocycles. The van der Waals surface area contributed by atoms with Crippen LogP contribution in [-0.2, 0) is 9.47 Å². The minimum absolute atomic E-state index is 0.0185. The average molecular weight is 383 g/mol. The van der Waals surface area contributed by atoms with E-state index in [2.05, 4.69) is 10.3 Å². The molecule has 1 amide bonds. The fourth-order valence-corrected chi connectivity index (χ4v) is 3.74. The lowest BCUT2D eigenvalue weighted by Gasteiger charge is -2.37. The Morgan fingerprint density at radius 2 is 1.82 bits per heavy atom. The highest BCUT2D eigenvalue weighted by atomic mass is 16.7. The van der Waals surface area contributed by atoms with Crippen LogP contribution >= 0.6 is 0 Å². The SMILES string of the molecule is O=C(c1ccc(Nc2ccc3c(c2)OCO3)nc1)N1CCC2(CC1)OCCO2. The highest BCUT2D eigenvalue weighted by Gasteiger charge is 2.40. The van der Waals surface area contributed by atoms with Crippen molar-refractivity contribution in [3.63, 3.8) is 0 Å². The lowest BCUT2D eigenvalue weighted by Crippen LogP contribution is -2.47. The lowest BCUT2D eigenvalue weighted by atomic mass is 10.0. The van der Waals surface area contributed by atoms with Crippen LogP contribution in [0.25, 0.3) is 0 Å². The molecule has 2 fully saturated rings. The molecule has 0 atom stereocenters. The van der Waals surface area contributed by atoms with E-state index in [1.54, 1.807) is 18.3 Å². The Balaban J connectivity index is 1.22. The van der Waals surface area contributed by atoms with E-state index >= 15 is 0 Å². The zero-order valence-corrected chi connectivity index (χ0v) is 15.3. The summed E-state index contributed by atoms with van der Waals surface area (Å²) in [7, 11) is 0. The van der Waals surface area contributed by atoms with Gasteiger partial charge in [0, 0.05) is 43.9 Å². The van der Waals surface area contributed by atoms with Crippen molar-refractivity contribution in [2.24, 2.45) is 0 Å². The predicted octanol–water partition coefficient (Wildman–Crippen LogP) is 2.53. The van der Waals surface area contributed by atoms with Crippen molar-refractivity contribution < 1.29 is 23.7 Å². The van der Waals surface area contributed by atoms with E-state index in [0.29, 0.717) is 56.3 Å². The summed E-state index contributed by atoms with van der Waals surface area (Å²) in [4.78, 5) is 19.0. The number of piperidine rings is 1. The van der Waals surface area contributed by atoms with Crippen LogP contribution in [0, 0.1) is 0 Å². The Kier molecular flexibility index (Phi) is 4.29. The number of anilines is 2. The number of nitrogens with zero attached hydrogens (tertiary/aromatic N) is 2. The molecule has 146 valence electrons. The van der Waals surface area contributed by atoms with Crippen LogP contribution < -0.4 is 14.8 Å². The Bertz CT molecular complexity index is 870. The molecule has 1 aromatic heterocycles. The van der Waals surface area contributed by atoms with Gasteiger partial charge in [-0.2, -0.15) is 0 Å². The summed E-state index contributed by atoms with van der Waals surface area (Å²) >= 11 is 0. The lowest BCUT2D eigenvalue weighted by molar-refractivity contribution is -0.181. The third-order valence-corrected chi connectivity index (χ3v) is 5.28. The molecule has 28 heavy (non-hydrogen) atoms. The number of likely N-dealkylation sites (tertiary alicyclic amines) is 1. The zero-order valence-electron chi connectivity index (χ0n) is 15.3. The summed E-state index contributed by atoms with van der Waals surface area (Å²) in [6.07, 6.45) is 3.01. The second kappa shape index (κ2) is 6.96. The van der Waals surface area contributed by atoms with Crippen LogP contribution in [0.5, 0.6) is 11.5 Å². The van der Waals surface area contributed by atoms with Crippen LogP contribution in [0.2, 0.25) is 0 Å². The molecule has 5 rings (SSSR count). The van der Waals surface area contributed by atoms with Crippen LogP contribution in [0.3, 0.4) is 0 Å². The molecule has 1 spiro atoms. The van der Waals surface area contributed by atoms with Gasteiger partial charge in [0.05, 0.1) is 18.8 Å². The molecule has 0 aliphatic carbocycles. The van der Waals surface area contributed by atoms with Crippen molar-refractivity contribution >= 4 is 17.4 Å². The molecular weight excluding hydrogens is 362 g/mol. The number of aromatic nitrogens is 1. The number of hydrogen-bond donors (Lipinski definition) is 1. The smallest absolute Gasteiger partial charge is 0.255 e. The number of hydrogen-bond acceptors (Lipinski definition) is 7. The van der Waals surface area contributed by atoms with Crippen LogP contribution in [0.4, 0.5) is 11.5 Å². The van der Waals surface area contributed by atoms with Gasteiger partial charge >= 0.3 is 0 Å². The van der Waals surface area contributed by atoms with Crippen molar-refractivity contribution in [3.05, 3.63) is 42.1 Å². The molecule has 8 nitrogen and oxygen atoms in total. The number of rotatable bonds is 3. The van der Waals surface area contributed by atoms with Crippen LogP contribution in [-0.4, -0.2) is 54.7 Å². The maximum atomic E-state index is 12.8. The third-order valence-electron chi connectivity index (χ3n) is 5.28. The Morgan fingerprint density at radius 3 is 2.57 bits per heavy atom. The molecule has 0 saturated carbocycles. The van der Waals surface area contributed by atoms with Gasteiger partial charge in [-0.1, -0.05) is 0 Å². The van der Waals surface area contributed by atoms with Crippen molar-refractivity contribution in [3.8, 4) is 11.5 Å². The van der Waals surface area contributed by atoms with Crippen molar-refractivity contribution in [1.82, 2.24) is 9.88 Å². The first-order valence-electron chi connectivity index (χ1n) is 9.41. The highest BCUT2D eigenvalue weighted by molar-refractivity contribution is 5.94. The van der Waals surface area contributed by atoms with Gasteiger partial charge in [-0.3, -0.25) is 4.79 Å². The second-order valence-corrected chi connectivity index (χ2v) is 7.02. The molecule has 0 radical (unpaired) electrons. The number of benzene rings is 1. The molecule has 8 heteroatoms. The molecule has 2 saturated heterocycles. The van der Waals surface area contributed by atoms with E-state index in [1.807, 2.05) is 23.1 Å². The van der Waals surface area contributed by atoms with E-state index in [1.165, 1.54) is 0 Å². The van der Waals surface area contributed by atoms with Gasteiger partial charge in [0.25, 0.3) is 5.91 Å². The van der Waals surface area contributed by atoms with Crippen LogP contribution in [0.15, 0.2) is 36.5 Å². The first kappa shape index (κ1) is 17.3. The Hall–Kier alpha value is -2.84. The minimum Gasteiger partial charge on any atom is -0.454 e. The number of fused-ring (bicyclic) bond motifs is 1. The molecule has 4 heterocycles. The number of ether oxygens (including phenoxy) is 4. The highest BCUT2D eigenvalue weighted by Crippen LogP contribution is 2.35. The Labute approximate surface area is 162 Å². The fourth-order valence-electron chi connectivity index (χ4n) is 3.74. The number of carbonyl (C=O) groups excluding carboxylic acids is 1. The molecule has 1 aromatic carbocycles.